The van der Waals surface area contributed by atoms with Gasteiger partial charge in [0, 0.05) is 59.5 Å². The molecule has 6 nitrogen and oxygen atoms in total. The van der Waals surface area contributed by atoms with E-state index in [1.807, 2.05) is 36.4 Å². The molecular weight excluding hydrogens is 488 g/mol. The molecule has 1 atom stereocenters. The maximum Gasteiger partial charge on any atom is 0.326 e. The van der Waals surface area contributed by atoms with E-state index in [1.165, 1.54) is 28.6 Å². The van der Waals surface area contributed by atoms with Crippen molar-refractivity contribution in [3.05, 3.63) is 126 Å². The van der Waals surface area contributed by atoms with Gasteiger partial charge < -0.3 is 19.7 Å². The van der Waals surface area contributed by atoms with Gasteiger partial charge in [0.05, 0.1) is 6.61 Å². The molecule has 1 aromatic heterocycles. The zero-order valence-corrected chi connectivity index (χ0v) is 21.7. The van der Waals surface area contributed by atoms with E-state index >= 15 is 0 Å². The Labute approximate surface area is 227 Å². The Hall–Kier alpha value is -4.84. The van der Waals surface area contributed by atoms with Crippen LogP contribution in [0, 0.1) is 0 Å². The molecule has 1 heterocycles. The molecule has 2 N–H and O–H groups in total. The molecule has 0 aliphatic carbocycles. The van der Waals surface area contributed by atoms with Crippen molar-refractivity contribution in [1.82, 2.24) is 9.88 Å². The Balaban J connectivity index is 1.18. The first-order valence-corrected chi connectivity index (χ1v) is 12.9. The van der Waals surface area contributed by atoms with Crippen molar-refractivity contribution in [2.45, 2.75) is 18.9 Å². The number of fused-ring (bicyclic) bond motifs is 3. The second kappa shape index (κ2) is 11.7. The molecule has 0 aliphatic rings. The minimum Gasteiger partial charge on any atom is -0.493 e. The molecule has 0 amide bonds. The number of nitrogens with one attached hydrogen (secondary N) is 1. The van der Waals surface area contributed by atoms with Gasteiger partial charge in [-0.1, -0.05) is 78.9 Å². The van der Waals surface area contributed by atoms with E-state index in [9.17, 15) is 14.7 Å². The number of allylic oxidation sites excluding steroid dienone is 1. The lowest BCUT2D eigenvalue weighted by Gasteiger charge is -2.23. The number of para-hydroxylation sites is 2. The summed E-state index contributed by atoms with van der Waals surface area (Å²) in [5.41, 5.74) is 4.89. The van der Waals surface area contributed by atoms with Gasteiger partial charge in [0.15, 0.2) is 5.78 Å². The number of rotatable bonds is 11. The Bertz CT molecular complexity index is 1620. The predicted molar refractivity (Wildman–Crippen MR) is 154 cm³/mol. The SMILES string of the molecule is CN(C=CC(=O)c1ccccc1)C(Cc1ccc(OCCc2cccc3c2[nH]c2ccccc23)cc1)C(=O)O. The first-order valence-electron chi connectivity index (χ1n) is 12.9. The van der Waals surface area contributed by atoms with Crippen molar-refractivity contribution in [3.8, 4) is 5.75 Å². The number of aliphatic carboxylic acids is 1. The summed E-state index contributed by atoms with van der Waals surface area (Å²) in [6.45, 7) is 0.522. The zero-order chi connectivity index (χ0) is 27.2. The third kappa shape index (κ3) is 6.02. The summed E-state index contributed by atoms with van der Waals surface area (Å²) in [5, 5.41) is 12.2. The summed E-state index contributed by atoms with van der Waals surface area (Å²) >= 11 is 0. The number of aromatic amines is 1. The zero-order valence-electron chi connectivity index (χ0n) is 21.7. The molecule has 0 saturated heterocycles. The fourth-order valence-corrected chi connectivity index (χ4v) is 4.76. The van der Waals surface area contributed by atoms with Crippen LogP contribution in [-0.2, 0) is 17.6 Å². The molecule has 1 unspecified atom stereocenters. The highest BCUT2D eigenvalue weighted by atomic mass is 16.5. The van der Waals surface area contributed by atoms with E-state index in [-0.39, 0.29) is 5.78 Å². The molecule has 5 rings (SSSR count). The van der Waals surface area contributed by atoms with Gasteiger partial charge in [-0.2, -0.15) is 0 Å². The lowest BCUT2D eigenvalue weighted by Crippen LogP contribution is -2.37. The van der Waals surface area contributed by atoms with Gasteiger partial charge in [0.25, 0.3) is 0 Å². The number of carbonyl (C=O) groups excluding carboxylic acids is 1. The van der Waals surface area contributed by atoms with Crippen LogP contribution < -0.4 is 4.74 Å². The highest BCUT2D eigenvalue weighted by Gasteiger charge is 2.21. The van der Waals surface area contributed by atoms with Crippen molar-refractivity contribution in [2.75, 3.05) is 13.7 Å². The number of ether oxygens (including phenoxy) is 1. The standard InChI is InChI=1S/C33H30N2O4/c1-35(20-18-31(36)24-8-3-2-4-9-24)30(33(37)38)22-23-14-16-26(17-15-23)39-21-19-25-10-7-12-28-27-11-5-6-13-29(27)34-32(25)28/h2-18,20,30,34H,19,21-22H2,1H3,(H,37,38). The molecule has 39 heavy (non-hydrogen) atoms. The van der Waals surface area contributed by atoms with Crippen molar-refractivity contribution in [2.24, 2.45) is 0 Å². The number of carbonyl (C=O) groups is 2. The lowest BCUT2D eigenvalue weighted by molar-refractivity contribution is -0.141. The first-order chi connectivity index (χ1) is 19.0. The van der Waals surface area contributed by atoms with Gasteiger partial charge in [-0.15, -0.1) is 0 Å². The number of aromatic nitrogens is 1. The lowest BCUT2D eigenvalue weighted by atomic mass is 10.0. The van der Waals surface area contributed by atoms with Crippen LogP contribution in [0.25, 0.3) is 21.8 Å². The molecule has 5 aromatic rings. The number of carboxylic acid groups (broad SMARTS) is 1. The molecule has 0 fully saturated rings. The van der Waals surface area contributed by atoms with E-state index in [1.54, 1.807) is 36.2 Å². The van der Waals surface area contributed by atoms with Gasteiger partial charge in [-0.25, -0.2) is 4.79 Å². The van der Waals surface area contributed by atoms with Crippen LogP contribution in [0.15, 0.2) is 109 Å². The predicted octanol–water partition coefficient (Wildman–Crippen LogP) is 6.27. The number of nitrogens with zero attached hydrogens (tertiary/aromatic N) is 1. The molecule has 6 heteroatoms. The molecule has 4 aromatic carbocycles. The molecule has 0 spiro atoms. The minimum absolute atomic E-state index is 0.172. The topological polar surface area (TPSA) is 82.6 Å². The number of carboxylic acids is 1. The smallest absolute Gasteiger partial charge is 0.326 e. The van der Waals surface area contributed by atoms with Crippen molar-refractivity contribution in [1.29, 1.82) is 0 Å². The van der Waals surface area contributed by atoms with Crippen LogP contribution in [0.2, 0.25) is 0 Å². The summed E-state index contributed by atoms with van der Waals surface area (Å²) in [5.74, 6) is -0.397. The van der Waals surface area contributed by atoms with Gasteiger partial charge >= 0.3 is 5.97 Å². The third-order valence-electron chi connectivity index (χ3n) is 6.92. The Morgan fingerprint density at radius 1 is 0.897 bits per heavy atom. The van der Waals surface area contributed by atoms with E-state index in [0.29, 0.717) is 18.6 Å². The van der Waals surface area contributed by atoms with Crippen LogP contribution in [0.3, 0.4) is 0 Å². The number of likely N-dealkylation sites (N-methyl/N-ethyl adjacent to an activating group) is 1. The van der Waals surface area contributed by atoms with Crippen LogP contribution >= 0.6 is 0 Å². The van der Waals surface area contributed by atoms with Crippen molar-refractivity contribution >= 4 is 33.6 Å². The second-order valence-corrected chi connectivity index (χ2v) is 9.52. The van der Waals surface area contributed by atoms with E-state index in [4.69, 9.17) is 4.74 Å². The molecule has 0 saturated carbocycles. The Morgan fingerprint density at radius 2 is 1.62 bits per heavy atom. The van der Waals surface area contributed by atoms with Gasteiger partial charge in [-0.05, 0) is 29.3 Å². The Morgan fingerprint density at radius 3 is 2.38 bits per heavy atom. The molecule has 196 valence electrons. The summed E-state index contributed by atoms with van der Waals surface area (Å²) < 4.78 is 6.01. The normalized spacial score (nSPS) is 12.1. The number of benzene rings is 4. The fourth-order valence-electron chi connectivity index (χ4n) is 4.76. The second-order valence-electron chi connectivity index (χ2n) is 9.52. The summed E-state index contributed by atoms with van der Waals surface area (Å²) in [6, 6.07) is 30.2. The summed E-state index contributed by atoms with van der Waals surface area (Å²) in [7, 11) is 1.67. The van der Waals surface area contributed by atoms with Crippen LogP contribution in [-0.4, -0.2) is 46.4 Å². The Kier molecular flexibility index (Phi) is 7.73. The maximum absolute atomic E-state index is 12.3. The fraction of sp³-hybridized carbons (Fsp3) is 0.152. The van der Waals surface area contributed by atoms with Crippen LogP contribution in [0.5, 0.6) is 5.75 Å². The van der Waals surface area contributed by atoms with Crippen LogP contribution in [0.1, 0.15) is 21.5 Å². The minimum atomic E-state index is -0.958. The van der Waals surface area contributed by atoms with Gasteiger partial charge in [0.2, 0.25) is 0 Å². The number of hydrogen-bond acceptors (Lipinski definition) is 4. The third-order valence-corrected chi connectivity index (χ3v) is 6.92. The average molecular weight is 519 g/mol. The number of hydrogen-bond donors (Lipinski definition) is 2. The monoisotopic (exact) mass is 518 g/mol. The molecular formula is C33H30N2O4. The van der Waals surface area contributed by atoms with Crippen molar-refractivity contribution < 1.29 is 19.4 Å². The quantitative estimate of drug-likeness (QED) is 0.159. The van der Waals surface area contributed by atoms with Gasteiger partial charge in [-0.3, -0.25) is 4.79 Å². The summed E-state index contributed by atoms with van der Waals surface area (Å²) in [6.07, 6.45) is 3.97. The molecule has 0 radical (unpaired) electrons. The van der Waals surface area contributed by atoms with E-state index < -0.39 is 12.0 Å². The highest BCUT2D eigenvalue weighted by molar-refractivity contribution is 6.08. The van der Waals surface area contributed by atoms with E-state index in [2.05, 4.69) is 41.4 Å². The average Bonchev–Trinajstić information content (AvgIpc) is 3.35. The molecule has 0 aliphatic heterocycles. The van der Waals surface area contributed by atoms with Crippen molar-refractivity contribution in [3.63, 3.8) is 0 Å². The molecule has 0 bridgehead atoms. The first kappa shape index (κ1) is 25.8. The summed E-state index contributed by atoms with van der Waals surface area (Å²) in [4.78, 5) is 29.4. The van der Waals surface area contributed by atoms with Gasteiger partial charge in [0.1, 0.15) is 11.8 Å². The largest absolute Gasteiger partial charge is 0.493 e. The maximum atomic E-state index is 12.3. The number of ketones is 1. The van der Waals surface area contributed by atoms with Crippen LogP contribution in [0.4, 0.5) is 0 Å². The van der Waals surface area contributed by atoms with E-state index in [0.717, 1.165) is 28.8 Å². The highest BCUT2D eigenvalue weighted by Crippen LogP contribution is 2.28. The number of H-pyrrole nitrogens is 1.